The first-order valence-electron chi connectivity index (χ1n) is 10.7. The maximum Gasteiger partial charge on any atom is 0.228 e. The van der Waals surface area contributed by atoms with E-state index in [1.54, 1.807) is 7.11 Å². The van der Waals surface area contributed by atoms with Gasteiger partial charge in [-0.2, -0.15) is 0 Å². The summed E-state index contributed by atoms with van der Waals surface area (Å²) in [5, 5.41) is 3.13. The highest BCUT2D eigenvalue weighted by Gasteiger charge is 2.26. The Balaban J connectivity index is 0.00000240. The molecule has 1 N–H and O–H groups in total. The number of piperazine rings is 1. The molecule has 0 aromatic heterocycles. The maximum atomic E-state index is 12.9. The number of nitrogens with zero attached hydrogens (tertiary/aromatic N) is 2. The third-order valence-electron chi connectivity index (χ3n) is 5.59. The van der Waals surface area contributed by atoms with Gasteiger partial charge in [0.2, 0.25) is 5.91 Å². The number of unbranched alkanes of at least 4 members (excludes halogenated alkanes) is 1. The first-order chi connectivity index (χ1) is 14.2. The average molecular weight is 468 g/mol. The second-order valence-electron chi connectivity index (χ2n) is 7.57. The number of hydrogen-bond acceptors (Lipinski definition) is 4. The summed E-state index contributed by atoms with van der Waals surface area (Å²) < 4.78 is 5.52. The zero-order valence-electron chi connectivity index (χ0n) is 18.5. The molecule has 1 heterocycles. The molecule has 3 rings (SSSR count). The Hall–Kier alpha value is -1.95. The van der Waals surface area contributed by atoms with Crippen LogP contribution in [0.4, 0.5) is 5.69 Å². The zero-order valence-corrected chi connectivity index (χ0v) is 20.1. The minimum Gasteiger partial charge on any atom is -0.495 e. The number of rotatable bonds is 9. The Morgan fingerprint density at radius 2 is 1.65 bits per heavy atom. The molecule has 172 valence electrons. The number of amides is 1. The van der Waals surface area contributed by atoms with Crippen LogP contribution in [0.5, 0.6) is 5.75 Å². The monoisotopic (exact) mass is 467 g/mol. The van der Waals surface area contributed by atoms with Gasteiger partial charge in [-0.3, -0.25) is 9.69 Å². The van der Waals surface area contributed by atoms with E-state index in [1.165, 1.54) is 0 Å². The number of halogens is 2. The van der Waals surface area contributed by atoms with Gasteiger partial charge >= 0.3 is 0 Å². The largest absolute Gasteiger partial charge is 0.495 e. The van der Waals surface area contributed by atoms with Crippen molar-refractivity contribution in [1.82, 2.24) is 10.2 Å². The first-order valence-corrected chi connectivity index (χ1v) is 10.7. The van der Waals surface area contributed by atoms with E-state index in [4.69, 9.17) is 4.74 Å². The van der Waals surface area contributed by atoms with E-state index in [0.29, 0.717) is 0 Å². The Morgan fingerprint density at radius 3 is 2.29 bits per heavy atom. The number of anilines is 1. The van der Waals surface area contributed by atoms with Gasteiger partial charge in [-0.05, 0) is 24.1 Å². The number of benzene rings is 2. The Morgan fingerprint density at radius 1 is 1.00 bits per heavy atom. The van der Waals surface area contributed by atoms with E-state index in [2.05, 4.69) is 46.3 Å². The highest BCUT2D eigenvalue weighted by atomic mass is 35.5. The van der Waals surface area contributed by atoms with Crippen molar-refractivity contribution in [2.24, 2.45) is 0 Å². The minimum atomic E-state index is -0.133. The van der Waals surface area contributed by atoms with Crippen LogP contribution in [0, 0.1) is 0 Å². The molecule has 1 amide bonds. The second kappa shape index (κ2) is 14.2. The fourth-order valence-corrected chi connectivity index (χ4v) is 3.86. The van der Waals surface area contributed by atoms with Crippen LogP contribution in [0.15, 0.2) is 54.6 Å². The standard InChI is InChI=1S/C24H33N3O2.2ClH/c1-3-4-14-25-24(28)21(20-10-6-5-7-11-20)19-26-15-17-27(18-16-26)22-12-8-9-13-23(22)29-2;;/h5-13,21H,3-4,14-19H2,1-2H3,(H,25,28);2*1H. The predicted molar refractivity (Wildman–Crippen MR) is 133 cm³/mol. The van der Waals surface area contributed by atoms with Gasteiger partial charge in [-0.1, -0.05) is 55.8 Å². The summed E-state index contributed by atoms with van der Waals surface area (Å²) in [5.74, 6) is 0.918. The lowest BCUT2D eigenvalue weighted by Crippen LogP contribution is -2.49. The topological polar surface area (TPSA) is 44.8 Å². The lowest BCUT2D eigenvalue weighted by atomic mass is 9.97. The third kappa shape index (κ3) is 7.60. The fraction of sp³-hybridized carbons (Fsp3) is 0.458. The molecule has 1 aliphatic heterocycles. The van der Waals surface area contributed by atoms with Crippen molar-refractivity contribution in [3.63, 3.8) is 0 Å². The van der Waals surface area contributed by atoms with Crippen molar-refractivity contribution in [3.8, 4) is 5.75 Å². The molecular formula is C24H35Cl2N3O2. The number of methoxy groups -OCH3 is 1. The van der Waals surface area contributed by atoms with Crippen molar-refractivity contribution in [3.05, 3.63) is 60.2 Å². The van der Waals surface area contributed by atoms with E-state index in [-0.39, 0.29) is 36.6 Å². The number of para-hydroxylation sites is 2. The number of ether oxygens (including phenoxy) is 1. The van der Waals surface area contributed by atoms with Crippen molar-refractivity contribution in [2.45, 2.75) is 25.7 Å². The van der Waals surface area contributed by atoms with Gasteiger partial charge in [0, 0.05) is 39.3 Å². The van der Waals surface area contributed by atoms with Gasteiger partial charge in [-0.25, -0.2) is 0 Å². The molecule has 0 bridgehead atoms. The quantitative estimate of drug-likeness (QED) is 0.556. The van der Waals surface area contributed by atoms with Crippen LogP contribution in [0.25, 0.3) is 0 Å². The van der Waals surface area contributed by atoms with Crippen LogP contribution in [0.2, 0.25) is 0 Å². The molecule has 1 aliphatic rings. The second-order valence-corrected chi connectivity index (χ2v) is 7.57. The molecule has 0 spiro atoms. The summed E-state index contributed by atoms with van der Waals surface area (Å²) in [4.78, 5) is 17.7. The normalized spacial score (nSPS) is 14.7. The zero-order chi connectivity index (χ0) is 20.5. The molecule has 5 nitrogen and oxygen atoms in total. The number of nitrogens with one attached hydrogen (secondary N) is 1. The van der Waals surface area contributed by atoms with Crippen LogP contribution in [-0.2, 0) is 4.79 Å². The molecule has 1 unspecified atom stereocenters. The van der Waals surface area contributed by atoms with Gasteiger partial charge in [0.1, 0.15) is 5.75 Å². The molecule has 0 radical (unpaired) electrons. The Kier molecular flexibility index (Phi) is 12.4. The smallest absolute Gasteiger partial charge is 0.228 e. The van der Waals surface area contributed by atoms with Crippen LogP contribution in [0.3, 0.4) is 0 Å². The maximum absolute atomic E-state index is 12.9. The number of carbonyl (C=O) groups excluding carboxylic acids is 1. The molecule has 31 heavy (non-hydrogen) atoms. The van der Waals surface area contributed by atoms with Gasteiger partial charge < -0.3 is 15.0 Å². The van der Waals surface area contributed by atoms with Gasteiger partial charge in [0.05, 0.1) is 18.7 Å². The summed E-state index contributed by atoms with van der Waals surface area (Å²) in [6, 6.07) is 18.3. The van der Waals surface area contributed by atoms with E-state index < -0.39 is 0 Å². The SMILES string of the molecule is CCCCNC(=O)C(CN1CCN(c2ccccc2OC)CC1)c1ccccc1.Cl.Cl. The van der Waals surface area contributed by atoms with E-state index in [0.717, 1.165) is 69.1 Å². The molecule has 2 aromatic carbocycles. The van der Waals surface area contributed by atoms with Crippen molar-refractivity contribution >= 4 is 36.4 Å². The lowest BCUT2D eigenvalue weighted by molar-refractivity contribution is -0.123. The van der Waals surface area contributed by atoms with E-state index >= 15 is 0 Å². The Bertz CT molecular complexity index is 768. The van der Waals surface area contributed by atoms with Crippen molar-refractivity contribution < 1.29 is 9.53 Å². The van der Waals surface area contributed by atoms with Crippen molar-refractivity contribution in [2.75, 3.05) is 51.3 Å². The molecule has 2 aromatic rings. The van der Waals surface area contributed by atoms with Crippen LogP contribution in [-0.4, -0.2) is 57.2 Å². The predicted octanol–water partition coefficient (Wildman–Crippen LogP) is 4.36. The lowest BCUT2D eigenvalue weighted by Gasteiger charge is -2.38. The average Bonchev–Trinajstić information content (AvgIpc) is 2.78. The Labute approximate surface area is 199 Å². The highest BCUT2D eigenvalue weighted by Crippen LogP contribution is 2.28. The van der Waals surface area contributed by atoms with E-state index in [9.17, 15) is 4.79 Å². The van der Waals surface area contributed by atoms with E-state index in [1.807, 2.05) is 30.3 Å². The van der Waals surface area contributed by atoms with Gasteiger partial charge in [0.15, 0.2) is 0 Å². The molecule has 7 heteroatoms. The van der Waals surface area contributed by atoms with Crippen molar-refractivity contribution in [1.29, 1.82) is 0 Å². The third-order valence-corrected chi connectivity index (χ3v) is 5.59. The minimum absolute atomic E-state index is 0. The molecule has 0 saturated carbocycles. The summed E-state index contributed by atoms with van der Waals surface area (Å²) in [6.45, 7) is 7.37. The molecule has 1 saturated heterocycles. The van der Waals surface area contributed by atoms with Gasteiger partial charge in [-0.15, -0.1) is 24.8 Å². The highest BCUT2D eigenvalue weighted by molar-refractivity contribution is 5.85. The fourth-order valence-electron chi connectivity index (χ4n) is 3.86. The van der Waals surface area contributed by atoms with Crippen LogP contribution in [0.1, 0.15) is 31.2 Å². The summed E-state index contributed by atoms with van der Waals surface area (Å²) in [6.07, 6.45) is 2.10. The van der Waals surface area contributed by atoms with Gasteiger partial charge in [0.25, 0.3) is 0 Å². The summed E-state index contributed by atoms with van der Waals surface area (Å²) in [5.41, 5.74) is 2.24. The molecule has 1 fully saturated rings. The first kappa shape index (κ1) is 27.1. The number of carbonyl (C=O) groups is 1. The molecular weight excluding hydrogens is 433 g/mol. The van der Waals surface area contributed by atoms with Crippen LogP contribution >= 0.6 is 24.8 Å². The summed E-state index contributed by atoms with van der Waals surface area (Å²) in [7, 11) is 1.72. The molecule has 1 atom stereocenters. The number of hydrogen-bond donors (Lipinski definition) is 1. The summed E-state index contributed by atoms with van der Waals surface area (Å²) >= 11 is 0. The van der Waals surface area contributed by atoms with Crippen LogP contribution < -0.4 is 15.0 Å². The molecule has 0 aliphatic carbocycles.